The van der Waals surface area contributed by atoms with Gasteiger partial charge in [-0.05, 0) is 49.9 Å². The monoisotopic (exact) mass is 381 g/mol. The van der Waals surface area contributed by atoms with Gasteiger partial charge in [-0.3, -0.25) is 4.79 Å². The molecule has 0 atom stereocenters. The number of nitrogens with one attached hydrogen (secondary N) is 2. The van der Waals surface area contributed by atoms with Crippen molar-refractivity contribution < 1.29 is 4.79 Å². The highest BCUT2D eigenvalue weighted by Crippen LogP contribution is 2.21. The number of anilines is 3. The number of unbranched alkanes of at least 4 members (excludes halogenated alkanes) is 2. The van der Waals surface area contributed by atoms with Gasteiger partial charge in [0.2, 0.25) is 0 Å². The third kappa shape index (κ3) is 5.70. The molecule has 1 saturated heterocycles. The summed E-state index contributed by atoms with van der Waals surface area (Å²) in [6.45, 7) is 7.17. The van der Waals surface area contributed by atoms with E-state index < -0.39 is 0 Å². The molecule has 2 heterocycles. The number of hydrogen-bond donors (Lipinski definition) is 2. The van der Waals surface area contributed by atoms with Crippen LogP contribution in [0.2, 0.25) is 0 Å². The number of aromatic nitrogens is 1. The Bertz CT molecular complexity index is 754. The van der Waals surface area contributed by atoms with E-state index in [1.54, 1.807) is 18.3 Å². The predicted molar refractivity (Wildman–Crippen MR) is 116 cm³/mol. The summed E-state index contributed by atoms with van der Waals surface area (Å²) in [5.74, 6) is 0.625. The zero-order valence-corrected chi connectivity index (χ0v) is 16.9. The van der Waals surface area contributed by atoms with Gasteiger partial charge >= 0.3 is 0 Å². The van der Waals surface area contributed by atoms with Crippen LogP contribution in [0.3, 0.4) is 0 Å². The lowest BCUT2D eigenvalue weighted by Crippen LogP contribution is -2.44. The highest BCUT2D eigenvalue weighted by Gasteiger charge is 2.14. The van der Waals surface area contributed by atoms with Gasteiger partial charge in [-0.2, -0.15) is 0 Å². The lowest BCUT2D eigenvalue weighted by atomic mass is 10.2. The molecule has 1 aromatic heterocycles. The molecule has 0 bridgehead atoms. The van der Waals surface area contributed by atoms with Crippen molar-refractivity contribution >= 4 is 23.1 Å². The third-order valence-corrected chi connectivity index (χ3v) is 5.10. The molecule has 0 spiro atoms. The zero-order valence-electron chi connectivity index (χ0n) is 16.9. The van der Waals surface area contributed by atoms with Crippen LogP contribution in [0.5, 0.6) is 0 Å². The molecule has 28 heavy (non-hydrogen) atoms. The molecule has 1 aliphatic rings. The molecule has 0 radical (unpaired) electrons. The first kappa shape index (κ1) is 20.1. The van der Waals surface area contributed by atoms with Crippen LogP contribution < -0.4 is 15.5 Å². The fraction of sp³-hybridized carbons (Fsp3) is 0.455. The van der Waals surface area contributed by atoms with Crippen LogP contribution in [0.1, 0.15) is 36.5 Å². The molecule has 2 N–H and O–H groups in total. The number of hydrogen-bond acceptors (Lipinski definition) is 5. The number of piperazine rings is 1. The van der Waals surface area contributed by atoms with Gasteiger partial charge in [-0.1, -0.05) is 19.8 Å². The molecule has 3 rings (SSSR count). The minimum atomic E-state index is -0.0491. The first-order chi connectivity index (χ1) is 13.7. The Morgan fingerprint density at radius 1 is 1.07 bits per heavy atom. The second-order valence-electron chi connectivity index (χ2n) is 7.35. The van der Waals surface area contributed by atoms with Crippen molar-refractivity contribution in [1.29, 1.82) is 0 Å². The lowest BCUT2D eigenvalue weighted by Gasteiger charge is -2.34. The molecule has 2 aromatic rings. The number of pyridine rings is 1. The van der Waals surface area contributed by atoms with Gasteiger partial charge in [0.15, 0.2) is 0 Å². The third-order valence-electron chi connectivity index (χ3n) is 5.10. The standard InChI is InChI=1S/C22H31N5O/c1-3-4-5-11-24-22(28)18-10-12-23-21(17-18)25-19-6-8-20(9-7-19)27-15-13-26(2)14-16-27/h6-10,12,17H,3-5,11,13-16H2,1-2H3,(H,23,25)(H,24,28). The van der Waals surface area contributed by atoms with E-state index in [9.17, 15) is 4.79 Å². The summed E-state index contributed by atoms with van der Waals surface area (Å²) in [6.07, 6.45) is 4.96. The van der Waals surface area contributed by atoms with Crippen molar-refractivity contribution in [3.05, 3.63) is 48.2 Å². The van der Waals surface area contributed by atoms with Crippen molar-refractivity contribution in [2.75, 3.05) is 50.0 Å². The molecule has 0 aliphatic carbocycles. The van der Waals surface area contributed by atoms with Crippen LogP contribution in [0.15, 0.2) is 42.6 Å². The van der Waals surface area contributed by atoms with E-state index in [1.165, 1.54) is 5.69 Å². The minimum Gasteiger partial charge on any atom is -0.369 e. The summed E-state index contributed by atoms with van der Waals surface area (Å²) in [5, 5.41) is 6.26. The number of amides is 1. The van der Waals surface area contributed by atoms with Crippen LogP contribution in [0.4, 0.5) is 17.2 Å². The van der Waals surface area contributed by atoms with Crippen molar-refractivity contribution in [3.8, 4) is 0 Å². The summed E-state index contributed by atoms with van der Waals surface area (Å²) in [7, 11) is 2.16. The van der Waals surface area contributed by atoms with Crippen LogP contribution in [-0.4, -0.2) is 55.6 Å². The van der Waals surface area contributed by atoms with Crippen molar-refractivity contribution in [2.24, 2.45) is 0 Å². The maximum Gasteiger partial charge on any atom is 0.251 e. The zero-order chi connectivity index (χ0) is 19.8. The Kier molecular flexibility index (Phi) is 7.25. The highest BCUT2D eigenvalue weighted by molar-refractivity contribution is 5.94. The minimum absolute atomic E-state index is 0.0491. The van der Waals surface area contributed by atoms with Gasteiger partial charge in [-0.15, -0.1) is 0 Å². The van der Waals surface area contributed by atoms with Gasteiger partial charge in [0, 0.05) is 55.9 Å². The van der Waals surface area contributed by atoms with E-state index in [0.29, 0.717) is 17.9 Å². The maximum absolute atomic E-state index is 12.3. The lowest BCUT2D eigenvalue weighted by molar-refractivity contribution is 0.0953. The summed E-state index contributed by atoms with van der Waals surface area (Å²) < 4.78 is 0. The van der Waals surface area contributed by atoms with Gasteiger partial charge in [-0.25, -0.2) is 4.98 Å². The predicted octanol–water partition coefficient (Wildman–Crippen LogP) is 3.50. The topological polar surface area (TPSA) is 60.5 Å². The van der Waals surface area contributed by atoms with Crippen molar-refractivity contribution in [3.63, 3.8) is 0 Å². The smallest absolute Gasteiger partial charge is 0.251 e. The molecule has 6 heteroatoms. The van der Waals surface area contributed by atoms with Crippen LogP contribution in [0.25, 0.3) is 0 Å². The molecule has 0 saturated carbocycles. The quantitative estimate of drug-likeness (QED) is 0.686. The van der Waals surface area contributed by atoms with Crippen molar-refractivity contribution in [1.82, 2.24) is 15.2 Å². The van der Waals surface area contributed by atoms with Crippen LogP contribution in [0, 0.1) is 0 Å². The number of rotatable bonds is 8. The second kappa shape index (κ2) is 10.1. The SMILES string of the molecule is CCCCCNC(=O)c1ccnc(Nc2ccc(N3CCN(C)CC3)cc2)c1. The Balaban J connectivity index is 1.57. The average molecular weight is 382 g/mol. The largest absolute Gasteiger partial charge is 0.369 e. The Morgan fingerprint density at radius 3 is 2.54 bits per heavy atom. The Morgan fingerprint density at radius 2 is 1.82 bits per heavy atom. The molecule has 1 amide bonds. The molecule has 1 aromatic carbocycles. The van der Waals surface area contributed by atoms with Gasteiger partial charge in [0.05, 0.1) is 0 Å². The molecule has 1 fully saturated rings. The molecule has 150 valence electrons. The fourth-order valence-electron chi connectivity index (χ4n) is 3.29. The summed E-state index contributed by atoms with van der Waals surface area (Å²) in [5.41, 5.74) is 2.83. The van der Waals surface area contributed by atoms with Crippen LogP contribution in [-0.2, 0) is 0 Å². The van der Waals surface area contributed by atoms with Gasteiger partial charge in [0.25, 0.3) is 5.91 Å². The first-order valence-electron chi connectivity index (χ1n) is 10.2. The molecule has 0 unspecified atom stereocenters. The highest BCUT2D eigenvalue weighted by atomic mass is 16.1. The van der Waals surface area contributed by atoms with E-state index in [2.05, 4.69) is 63.7 Å². The number of benzene rings is 1. The van der Waals surface area contributed by atoms with E-state index >= 15 is 0 Å². The van der Waals surface area contributed by atoms with Gasteiger partial charge < -0.3 is 20.4 Å². The first-order valence-corrected chi connectivity index (χ1v) is 10.2. The number of likely N-dealkylation sites (N-methyl/N-ethyl adjacent to an activating group) is 1. The second-order valence-corrected chi connectivity index (χ2v) is 7.35. The summed E-state index contributed by atoms with van der Waals surface area (Å²) in [4.78, 5) is 21.4. The Labute approximate surface area is 167 Å². The number of nitrogens with zero attached hydrogens (tertiary/aromatic N) is 3. The normalized spacial score (nSPS) is 14.7. The molecular weight excluding hydrogens is 350 g/mol. The van der Waals surface area contributed by atoms with Gasteiger partial charge in [0.1, 0.15) is 5.82 Å². The van der Waals surface area contributed by atoms with E-state index in [1.807, 2.05) is 0 Å². The number of carbonyl (C=O) groups is 1. The average Bonchev–Trinajstić information content (AvgIpc) is 2.72. The molecular formula is C22H31N5O. The van der Waals surface area contributed by atoms with Crippen LogP contribution >= 0.6 is 0 Å². The number of carbonyl (C=O) groups excluding carboxylic acids is 1. The molecule has 1 aliphatic heterocycles. The van der Waals surface area contributed by atoms with E-state index in [-0.39, 0.29) is 5.91 Å². The molecule has 6 nitrogen and oxygen atoms in total. The van der Waals surface area contributed by atoms with Crippen molar-refractivity contribution in [2.45, 2.75) is 26.2 Å². The van der Waals surface area contributed by atoms with E-state index in [4.69, 9.17) is 0 Å². The Hall–Kier alpha value is -2.60. The summed E-state index contributed by atoms with van der Waals surface area (Å²) >= 11 is 0. The maximum atomic E-state index is 12.3. The fourth-order valence-corrected chi connectivity index (χ4v) is 3.29. The summed E-state index contributed by atoms with van der Waals surface area (Å²) in [6, 6.07) is 11.9. The van der Waals surface area contributed by atoms with E-state index in [0.717, 1.165) is 51.1 Å².